The normalized spacial score (nSPS) is 21.8. The Balaban J connectivity index is 1.20. The Morgan fingerprint density at radius 3 is 2.28 bits per heavy atom. The van der Waals surface area contributed by atoms with E-state index in [9.17, 15) is 0 Å². The molecule has 2 bridgehead atoms. The standard InChI is InChI=1S/C43H43N5OS/c1-3-27-26-48-23-21-30(27)24-39(48)41(36-20-22-45-38-19-18-31(49-2)25-37(36)38)46-43(50)47-42(35-17-9-13-29-11-5-7-15-33(29)35)40(44)34-16-8-12-28-10-4-6-14-32(28)34/h3-20,22,25,27,30,39-42H,1,21,23-24,26,44H2,2H3,(H2,46,47,50)/t27?,30?,39-,40-,41-,42-/m1/s1. The molecule has 6 aromatic rings. The first-order chi connectivity index (χ1) is 24.5. The number of nitrogens with two attached hydrogens (primary N) is 1. The Hall–Kier alpha value is -4.82. The van der Waals surface area contributed by atoms with Crippen molar-refractivity contribution in [2.24, 2.45) is 17.6 Å². The fourth-order valence-corrected chi connectivity index (χ4v) is 8.83. The zero-order valence-corrected chi connectivity index (χ0v) is 29.2. The molecule has 3 unspecified atom stereocenters. The topological polar surface area (TPSA) is 75.4 Å². The van der Waals surface area contributed by atoms with Crippen LogP contribution in [0.2, 0.25) is 0 Å². The first-order valence-electron chi connectivity index (χ1n) is 17.6. The highest BCUT2D eigenvalue weighted by molar-refractivity contribution is 7.80. The van der Waals surface area contributed by atoms with Crippen molar-refractivity contribution < 1.29 is 4.74 Å². The largest absolute Gasteiger partial charge is 0.497 e. The summed E-state index contributed by atoms with van der Waals surface area (Å²) in [7, 11) is 1.71. The lowest BCUT2D eigenvalue weighted by atomic mass is 9.73. The maximum Gasteiger partial charge on any atom is 0.167 e. The zero-order chi connectivity index (χ0) is 34.2. The second-order valence-corrected chi connectivity index (χ2v) is 14.2. The molecule has 5 aromatic carbocycles. The third-order valence-corrected chi connectivity index (χ3v) is 11.4. The van der Waals surface area contributed by atoms with Crippen LogP contribution in [0.5, 0.6) is 5.75 Å². The summed E-state index contributed by atoms with van der Waals surface area (Å²) in [4.78, 5) is 7.35. The van der Waals surface area contributed by atoms with Crippen LogP contribution in [0.15, 0.2) is 128 Å². The Morgan fingerprint density at radius 1 is 0.880 bits per heavy atom. The molecule has 0 amide bonds. The molecule has 3 aliphatic rings. The number of fused-ring (bicyclic) bond motifs is 6. The van der Waals surface area contributed by atoms with Crippen molar-refractivity contribution in [2.45, 2.75) is 37.0 Å². The molecule has 3 saturated heterocycles. The van der Waals surface area contributed by atoms with Gasteiger partial charge in [-0.15, -0.1) is 6.58 Å². The highest BCUT2D eigenvalue weighted by Gasteiger charge is 2.43. The van der Waals surface area contributed by atoms with E-state index in [0.717, 1.165) is 69.0 Å². The van der Waals surface area contributed by atoms with Crippen LogP contribution in [-0.4, -0.2) is 41.2 Å². The van der Waals surface area contributed by atoms with Crippen LogP contribution in [0.3, 0.4) is 0 Å². The van der Waals surface area contributed by atoms with Gasteiger partial charge in [-0.05, 0) is 106 Å². The van der Waals surface area contributed by atoms with E-state index in [1.54, 1.807) is 7.11 Å². The molecule has 1 aromatic heterocycles. The van der Waals surface area contributed by atoms with E-state index in [4.69, 9.17) is 27.7 Å². The monoisotopic (exact) mass is 677 g/mol. The van der Waals surface area contributed by atoms with Crippen LogP contribution in [0, 0.1) is 11.8 Å². The number of rotatable bonds is 9. The van der Waals surface area contributed by atoms with Crippen LogP contribution in [0.25, 0.3) is 32.4 Å². The maximum atomic E-state index is 7.36. The van der Waals surface area contributed by atoms with Gasteiger partial charge in [0.25, 0.3) is 0 Å². The highest BCUT2D eigenvalue weighted by Crippen LogP contribution is 2.43. The predicted molar refractivity (Wildman–Crippen MR) is 209 cm³/mol. The zero-order valence-electron chi connectivity index (χ0n) is 28.3. The summed E-state index contributed by atoms with van der Waals surface area (Å²) >= 11 is 6.31. The summed E-state index contributed by atoms with van der Waals surface area (Å²) in [5, 5.41) is 13.9. The van der Waals surface area contributed by atoms with Gasteiger partial charge in [0.2, 0.25) is 0 Å². The number of thiocarbonyl (C=S) groups is 1. The Morgan fingerprint density at radius 2 is 1.58 bits per heavy atom. The number of piperidine rings is 3. The molecule has 7 atom stereocenters. The minimum atomic E-state index is -0.390. The number of hydrogen-bond donors (Lipinski definition) is 3. The van der Waals surface area contributed by atoms with Gasteiger partial charge in [-0.1, -0.05) is 91.0 Å². The van der Waals surface area contributed by atoms with Crippen molar-refractivity contribution in [3.8, 4) is 5.75 Å². The first kappa shape index (κ1) is 32.4. The predicted octanol–water partition coefficient (Wildman–Crippen LogP) is 8.39. The van der Waals surface area contributed by atoms with Gasteiger partial charge in [0.05, 0.1) is 30.8 Å². The quantitative estimate of drug-likeness (QED) is 0.105. The minimum Gasteiger partial charge on any atom is -0.497 e. The smallest absolute Gasteiger partial charge is 0.167 e. The number of benzene rings is 5. The molecule has 0 saturated carbocycles. The summed E-state index contributed by atoms with van der Waals surface area (Å²) in [6.07, 6.45) is 6.31. The highest BCUT2D eigenvalue weighted by atomic mass is 32.1. The second-order valence-electron chi connectivity index (χ2n) is 13.8. The van der Waals surface area contributed by atoms with E-state index in [-0.39, 0.29) is 24.2 Å². The Kier molecular flexibility index (Phi) is 8.96. The number of nitrogens with zero attached hydrogens (tertiary/aromatic N) is 2. The molecule has 9 rings (SSSR count). The van der Waals surface area contributed by atoms with E-state index in [1.807, 2.05) is 18.3 Å². The number of ether oxygens (including phenoxy) is 1. The molecular weight excluding hydrogens is 635 g/mol. The molecule has 4 heterocycles. The lowest BCUT2D eigenvalue weighted by Gasteiger charge is -2.52. The number of aromatic nitrogens is 1. The molecule has 0 radical (unpaired) electrons. The van der Waals surface area contributed by atoms with Gasteiger partial charge in [-0.25, -0.2) is 0 Å². The first-order valence-corrected chi connectivity index (χ1v) is 18.0. The van der Waals surface area contributed by atoms with Crippen LogP contribution < -0.4 is 21.1 Å². The molecule has 4 N–H and O–H groups in total. The number of methoxy groups -OCH3 is 1. The van der Waals surface area contributed by atoms with Crippen molar-refractivity contribution in [3.05, 3.63) is 145 Å². The van der Waals surface area contributed by atoms with E-state index < -0.39 is 0 Å². The van der Waals surface area contributed by atoms with Crippen LogP contribution in [-0.2, 0) is 0 Å². The van der Waals surface area contributed by atoms with Crippen LogP contribution >= 0.6 is 12.2 Å². The van der Waals surface area contributed by atoms with E-state index in [1.165, 1.54) is 11.8 Å². The van der Waals surface area contributed by atoms with Crippen molar-refractivity contribution in [3.63, 3.8) is 0 Å². The fraction of sp³-hybridized carbons (Fsp3) is 0.256. The van der Waals surface area contributed by atoms with Gasteiger partial charge in [0.15, 0.2) is 5.11 Å². The van der Waals surface area contributed by atoms with Gasteiger partial charge in [0, 0.05) is 24.2 Å². The average molecular weight is 678 g/mol. The molecule has 252 valence electrons. The van der Waals surface area contributed by atoms with E-state index >= 15 is 0 Å². The maximum absolute atomic E-state index is 7.36. The fourth-order valence-electron chi connectivity index (χ4n) is 8.58. The third kappa shape index (κ3) is 6.00. The van der Waals surface area contributed by atoms with E-state index in [0.29, 0.717) is 16.9 Å². The summed E-state index contributed by atoms with van der Waals surface area (Å²) in [5.74, 6) is 1.91. The van der Waals surface area contributed by atoms with Gasteiger partial charge in [-0.3, -0.25) is 9.88 Å². The summed E-state index contributed by atoms with van der Waals surface area (Å²) < 4.78 is 5.68. The van der Waals surface area contributed by atoms with E-state index in [2.05, 4.69) is 125 Å². The van der Waals surface area contributed by atoms with Gasteiger partial charge >= 0.3 is 0 Å². The molecule has 0 aliphatic carbocycles. The molecular formula is C43H43N5OS. The summed E-state index contributed by atoms with van der Waals surface area (Å²) in [6.45, 7) is 6.25. The van der Waals surface area contributed by atoms with Gasteiger partial charge < -0.3 is 21.1 Å². The Labute approximate surface area is 299 Å². The SMILES string of the molecule is C=CC1CN2CCC1C[C@@H]2[C@H](NC(=S)N[C@H](c1cccc2ccccc12)[C@H](N)c1cccc2ccccc12)c1ccnc2ccc(OC)cc12. The minimum absolute atomic E-state index is 0.0943. The average Bonchev–Trinajstić information content (AvgIpc) is 3.18. The molecule has 50 heavy (non-hydrogen) atoms. The molecule has 3 fully saturated rings. The second kappa shape index (κ2) is 13.8. The third-order valence-electron chi connectivity index (χ3n) is 11.1. The lowest BCUT2D eigenvalue weighted by molar-refractivity contribution is 0.00426. The number of nitrogens with one attached hydrogen (secondary N) is 2. The van der Waals surface area contributed by atoms with Crippen molar-refractivity contribution in [1.29, 1.82) is 0 Å². The van der Waals surface area contributed by atoms with Crippen LogP contribution in [0.1, 0.15) is 47.7 Å². The molecule has 3 aliphatic heterocycles. The van der Waals surface area contributed by atoms with Crippen molar-refractivity contribution in [1.82, 2.24) is 20.5 Å². The molecule has 6 nitrogen and oxygen atoms in total. The van der Waals surface area contributed by atoms with Gasteiger partial charge in [-0.2, -0.15) is 0 Å². The lowest BCUT2D eigenvalue weighted by Crippen LogP contribution is -2.58. The van der Waals surface area contributed by atoms with Crippen molar-refractivity contribution in [2.75, 3.05) is 20.2 Å². The Bertz CT molecular complexity index is 2190. The summed E-state index contributed by atoms with van der Waals surface area (Å²) in [6, 6.07) is 37.4. The number of pyridine rings is 1. The van der Waals surface area contributed by atoms with Gasteiger partial charge in [0.1, 0.15) is 5.75 Å². The summed E-state index contributed by atoms with van der Waals surface area (Å²) in [5.41, 5.74) is 11.6. The molecule has 7 heteroatoms. The molecule has 0 spiro atoms. The van der Waals surface area contributed by atoms with Crippen molar-refractivity contribution >= 4 is 49.8 Å². The van der Waals surface area contributed by atoms with Crippen LogP contribution in [0.4, 0.5) is 0 Å². The number of hydrogen-bond acceptors (Lipinski definition) is 5.